The van der Waals surface area contributed by atoms with Crippen LogP contribution in [0, 0.1) is 5.92 Å². The van der Waals surface area contributed by atoms with Crippen molar-refractivity contribution in [2.24, 2.45) is 5.92 Å². The van der Waals surface area contributed by atoms with Crippen LogP contribution in [0.5, 0.6) is 0 Å². The first-order chi connectivity index (χ1) is 6.75. The van der Waals surface area contributed by atoms with Crippen LogP contribution in [-0.2, 0) is 9.47 Å². The second kappa shape index (κ2) is 5.12. The molecule has 2 rings (SSSR count). The second-order valence-corrected chi connectivity index (χ2v) is 6.21. The molecule has 2 aliphatic rings. The summed E-state index contributed by atoms with van der Waals surface area (Å²) < 4.78 is 12.0. The maximum Gasteiger partial charge on any atom is 0.0951 e. The Morgan fingerprint density at radius 1 is 1.14 bits per heavy atom. The summed E-state index contributed by atoms with van der Waals surface area (Å²) in [6.45, 7) is 4.02. The number of halogens is 1. The van der Waals surface area contributed by atoms with Crippen LogP contribution in [0.3, 0.4) is 0 Å². The van der Waals surface area contributed by atoms with Crippen LogP contribution in [0.15, 0.2) is 0 Å². The van der Waals surface area contributed by atoms with E-state index in [9.17, 15) is 0 Å². The zero-order chi connectivity index (χ0) is 9.97. The van der Waals surface area contributed by atoms with Crippen molar-refractivity contribution in [1.82, 2.24) is 0 Å². The van der Waals surface area contributed by atoms with Gasteiger partial charge in [-0.15, -0.1) is 0 Å². The van der Waals surface area contributed by atoms with Gasteiger partial charge in [-0.25, -0.2) is 0 Å². The summed E-state index contributed by atoms with van der Waals surface area (Å²) in [5, 5.41) is 0. The summed E-state index contributed by atoms with van der Waals surface area (Å²) in [5.41, 5.74) is 0. The van der Waals surface area contributed by atoms with Crippen molar-refractivity contribution < 1.29 is 9.47 Å². The van der Waals surface area contributed by atoms with E-state index in [0.717, 1.165) is 19.1 Å². The van der Waals surface area contributed by atoms with Crippen LogP contribution in [0.1, 0.15) is 32.6 Å². The van der Waals surface area contributed by atoms with Gasteiger partial charge in [0.15, 0.2) is 0 Å². The van der Waals surface area contributed by atoms with Crippen LogP contribution in [0.25, 0.3) is 0 Å². The quantitative estimate of drug-likeness (QED) is 0.577. The molecule has 1 aliphatic carbocycles. The first-order valence-corrected chi connectivity index (χ1v) is 6.87. The van der Waals surface area contributed by atoms with E-state index in [4.69, 9.17) is 9.47 Å². The Labute approximate surface area is 99.9 Å². The predicted octanol–water partition coefficient (Wildman–Crippen LogP) is 2.78. The van der Waals surface area contributed by atoms with Gasteiger partial charge >= 0.3 is 0 Å². The van der Waals surface area contributed by atoms with E-state index in [1.54, 1.807) is 0 Å². The monoisotopic (exact) mass is 310 g/mol. The van der Waals surface area contributed by atoms with E-state index in [-0.39, 0.29) is 0 Å². The topological polar surface area (TPSA) is 18.5 Å². The molecule has 0 spiro atoms. The Morgan fingerprint density at radius 2 is 1.86 bits per heavy atom. The molecule has 1 saturated carbocycles. The Kier molecular flexibility index (Phi) is 4.08. The molecule has 0 aromatic heterocycles. The third-order valence-electron chi connectivity index (χ3n) is 3.29. The lowest BCUT2D eigenvalue weighted by Gasteiger charge is -2.29. The van der Waals surface area contributed by atoms with Gasteiger partial charge in [0.2, 0.25) is 0 Å². The van der Waals surface area contributed by atoms with Crippen LogP contribution >= 0.6 is 22.6 Å². The Morgan fingerprint density at radius 3 is 2.43 bits per heavy atom. The van der Waals surface area contributed by atoms with E-state index in [0.29, 0.717) is 16.1 Å². The lowest BCUT2D eigenvalue weighted by molar-refractivity contribution is -0.0346. The zero-order valence-electron chi connectivity index (χ0n) is 8.75. The van der Waals surface area contributed by atoms with E-state index in [1.165, 1.54) is 25.7 Å². The minimum Gasteiger partial charge on any atom is -0.378 e. The first kappa shape index (κ1) is 11.1. The number of rotatable bonds is 2. The van der Waals surface area contributed by atoms with Gasteiger partial charge < -0.3 is 9.47 Å². The third kappa shape index (κ3) is 2.83. The largest absolute Gasteiger partial charge is 0.378 e. The molecule has 0 radical (unpaired) electrons. The summed E-state index contributed by atoms with van der Waals surface area (Å²) in [6.07, 6.45) is 6.04. The highest BCUT2D eigenvalue weighted by molar-refractivity contribution is 14.1. The average molecular weight is 310 g/mol. The fraction of sp³-hybridized carbons (Fsp3) is 1.00. The molecule has 1 aliphatic heterocycles. The van der Waals surface area contributed by atoms with Crippen LogP contribution in [-0.4, -0.2) is 29.3 Å². The Balaban J connectivity index is 1.74. The standard InChI is InChI=1S/C11H19IO2/c1-8-2-4-9(5-3-8)14-11-7-13-6-10(11)12/h8-11H,2-7H2,1H3. The smallest absolute Gasteiger partial charge is 0.0951 e. The van der Waals surface area contributed by atoms with Gasteiger partial charge in [-0.05, 0) is 31.6 Å². The second-order valence-electron chi connectivity index (χ2n) is 4.61. The van der Waals surface area contributed by atoms with E-state index in [2.05, 4.69) is 29.5 Å². The molecule has 1 heterocycles. The number of hydrogen-bond donors (Lipinski definition) is 0. The highest BCUT2D eigenvalue weighted by atomic mass is 127. The lowest BCUT2D eigenvalue weighted by Crippen LogP contribution is -2.30. The molecular formula is C11H19IO2. The minimum atomic E-state index is 0.356. The zero-order valence-corrected chi connectivity index (χ0v) is 10.9. The Hall–Kier alpha value is 0.650. The molecule has 2 nitrogen and oxygen atoms in total. The van der Waals surface area contributed by atoms with E-state index < -0.39 is 0 Å². The van der Waals surface area contributed by atoms with Gasteiger partial charge in [0.25, 0.3) is 0 Å². The number of hydrogen-bond acceptors (Lipinski definition) is 2. The van der Waals surface area contributed by atoms with Crippen molar-refractivity contribution in [3.05, 3.63) is 0 Å². The summed E-state index contributed by atoms with van der Waals surface area (Å²) in [4.78, 5) is 0. The fourth-order valence-electron chi connectivity index (χ4n) is 2.25. The molecule has 3 heteroatoms. The molecule has 0 N–H and O–H groups in total. The van der Waals surface area contributed by atoms with E-state index in [1.807, 2.05) is 0 Å². The van der Waals surface area contributed by atoms with Crippen molar-refractivity contribution in [1.29, 1.82) is 0 Å². The summed E-state index contributed by atoms with van der Waals surface area (Å²) in [5.74, 6) is 0.907. The molecule has 1 saturated heterocycles. The summed E-state index contributed by atoms with van der Waals surface area (Å²) in [7, 11) is 0. The Bertz CT molecular complexity index is 178. The van der Waals surface area contributed by atoms with Gasteiger partial charge in [0, 0.05) is 0 Å². The molecule has 0 amide bonds. The lowest BCUT2D eigenvalue weighted by atomic mass is 9.89. The maximum absolute atomic E-state index is 6.08. The first-order valence-electron chi connectivity index (χ1n) is 5.63. The van der Waals surface area contributed by atoms with Crippen molar-refractivity contribution in [3.63, 3.8) is 0 Å². The number of alkyl halides is 1. The van der Waals surface area contributed by atoms with Crippen molar-refractivity contribution in [3.8, 4) is 0 Å². The van der Waals surface area contributed by atoms with Crippen LogP contribution in [0.4, 0.5) is 0 Å². The molecule has 0 aromatic rings. The highest BCUT2D eigenvalue weighted by Gasteiger charge is 2.30. The van der Waals surface area contributed by atoms with Gasteiger partial charge in [-0.3, -0.25) is 0 Å². The molecule has 0 bridgehead atoms. The average Bonchev–Trinajstić information content (AvgIpc) is 2.56. The fourth-order valence-corrected chi connectivity index (χ4v) is 2.88. The predicted molar refractivity (Wildman–Crippen MR) is 64.9 cm³/mol. The molecule has 2 fully saturated rings. The SMILES string of the molecule is CC1CCC(OC2COCC2I)CC1. The molecule has 82 valence electrons. The van der Waals surface area contributed by atoms with Crippen LogP contribution < -0.4 is 0 Å². The maximum atomic E-state index is 6.08. The highest BCUT2D eigenvalue weighted by Crippen LogP contribution is 2.28. The molecule has 14 heavy (non-hydrogen) atoms. The van der Waals surface area contributed by atoms with Gasteiger partial charge in [-0.2, -0.15) is 0 Å². The van der Waals surface area contributed by atoms with E-state index >= 15 is 0 Å². The number of ether oxygens (including phenoxy) is 2. The molecule has 0 aromatic carbocycles. The molecule has 2 unspecified atom stereocenters. The van der Waals surface area contributed by atoms with Crippen LogP contribution in [0.2, 0.25) is 0 Å². The normalized spacial score (nSPS) is 44.1. The summed E-state index contributed by atoms with van der Waals surface area (Å²) in [6, 6.07) is 0. The third-order valence-corrected chi connectivity index (χ3v) is 4.45. The van der Waals surface area contributed by atoms with Crippen molar-refractivity contribution >= 4 is 22.6 Å². The van der Waals surface area contributed by atoms with Crippen molar-refractivity contribution in [2.45, 2.75) is 48.7 Å². The molecule has 2 atom stereocenters. The minimum absolute atomic E-state index is 0.356. The van der Waals surface area contributed by atoms with Gasteiger partial charge in [0.05, 0.1) is 29.3 Å². The summed E-state index contributed by atoms with van der Waals surface area (Å²) >= 11 is 2.44. The van der Waals surface area contributed by atoms with Crippen molar-refractivity contribution in [2.75, 3.05) is 13.2 Å². The molecular weight excluding hydrogens is 291 g/mol. The van der Waals surface area contributed by atoms with Gasteiger partial charge in [-0.1, -0.05) is 29.5 Å². The van der Waals surface area contributed by atoms with Gasteiger partial charge in [0.1, 0.15) is 0 Å².